The van der Waals surface area contributed by atoms with Crippen LogP contribution in [-0.4, -0.2) is 8.07 Å². The van der Waals surface area contributed by atoms with Crippen molar-refractivity contribution < 1.29 is 57.7 Å². The molecule has 5 heteroatoms. The molecule has 0 nitrogen and oxygen atoms in total. The topological polar surface area (TPSA) is 0 Å². The molecule has 45 heavy (non-hydrogen) atoms. The van der Waals surface area contributed by atoms with Gasteiger partial charge in [0, 0.05) is 0 Å². The first-order valence-electron chi connectivity index (χ1n) is 16.9. The van der Waals surface area contributed by atoms with E-state index in [0.717, 1.165) is 0 Å². The van der Waals surface area contributed by atoms with Gasteiger partial charge in [0.25, 0.3) is 0 Å². The molecule has 1 fully saturated rings. The minimum Gasteiger partial charge on any atom is -1.00 e. The van der Waals surface area contributed by atoms with Gasteiger partial charge in [-0.3, -0.25) is 0 Å². The fourth-order valence-electron chi connectivity index (χ4n) is 7.99. The number of benzene rings is 3. The van der Waals surface area contributed by atoms with Crippen molar-refractivity contribution >= 4 is 23.6 Å². The monoisotopic (exact) mass is 712 g/mol. The maximum Gasteiger partial charge on any atom is -1.00 e. The van der Waals surface area contributed by atoms with Crippen LogP contribution in [-0.2, 0) is 39.7 Å². The smallest absolute Gasteiger partial charge is 1.00 e. The Labute approximate surface area is 306 Å². The molecule has 0 heterocycles. The molecule has 5 atom stereocenters. The second-order valence-electron chi connectivity index (χ2n) is 13.0. The zero-order chi connectivity index (χ0) is 29.5. The van der Waals surface area contributed by atoms with Crippen LogP contribution in [0.15, 0.2) is 97.1 Å². The molecule has 0 saturated heterocycles. The third-order valence-corrected chi connectivity index (χ3v) is 17.4. The average molecular weight is 714 g/mol. The van der Waals surface area contributed by atoms with Crippen molar-refractivity contribution in [1.29, 1.82) is 0 Å². The first-order chi connectivity index (χ1) is 20.5. The predicted octanol–water partition coefficient (Wildman–Crippen LogP) is -0.0898. The summed E-state index contributed by atoms with van der Waals surface area (Å²) < 4.78 is 0.671. The summed E-state index contributed by atoms with van der Waals surface area (Å²) in [6.45, 7) is 9.47. The fourth-order valence-corrected chi connectivity index (χ4v) is 15.3. The van der Waals surface area contributed by atoms with Crippen LogP contribution in [0, 0.1) is 17.8 Å². The van der Waals surface area contributed by atoms with Gasteiger partial charge >= 0.3 is 271 Å². The number of halogens is 3. The van der Waals surface area contributed by atoms with Crippen LogP contribution in [0.5, 0.6) is 0 Å². The van der Waals surface area contributed by atoms with Crippen molar-refractivity contribution in [2.24, 2.45) is 17.8 Å². The van der Waals surface area contributed by atoms with Gasteiger partial charge in [-0.15, -0.1) is 0 Å². The van der Waals surface area contributed by atoms with Crippen LogP contribution in [0.4, 0.5) is 0 Å². The van der Waals surface area contributed by atoms with E-state index in [2.05, 4.69) is 145 Å². The minimum atomic E-state index is -2.45. The molecule has 0 bridgehead atoms. The van der Waals surface area contributed by atoms with Gasteiger partial charge in [-0.1, -0.05) is 0 Å². The molecule has 0 radical (unpaired) electrons. The Morgan fingerprint density at radius 1 is 0.533 bits per heavy atom. The summed E-state index contributed by atoms with van der Waals surface area (Å²) in [5.74, 6) is 1.84. The van der Waals surface area contributed by atoms with Crippen molar-refractivity contribution in [1.82, 2.24) is 0 Å². The SMILES string of the molecule is CCCCc1ccc([Si](c2ccc(CCCC)cc2)(c2ccc(CCCC)cc2)C2C(C)[CH]([Ti+3])C3C=CC=CC32)cc1.[Cl-].[Cl-].[Cl-]. The molecule has 0 aromatic heterocycles. The molecule has 0 aliphatic heterocycles. The second kappa shape index (κ2) is 19.1. The van der Waals surface area contributed by atoms with E-state index in [1.165, 1.54) is 74.5 Å². The Morgan fingerprint density at radius 2 is 0.867 bits per heavy atom. The minimum absolute atomic E-state index is 0. The van der Waals surface area contributed by atoms with E-state index in [1.807, 2.05) is 0 Å². The molecule has 0 spiro atoms. The molecular weight excluding hydrogens is 663 g/mol. The summed E-state index contributed by atoms with van der Waals surface area (Å²) in [5.41, 5.74) is 5.06. The van der Waals surface area contributed by atoms with Gasteiger partial charge in [-0.2, -0.15) is 0 Å². The maximum absolute atomic E-state index is 2.58. The van der Waals surface area contributed by atoms with Crippen molar-refractivity contribution in [2.45, 2.75) is 95.2 Å². The molecule has 2 aliphatic carbocycles. The molecule has 3 aromatic rings. The van der Waals surface area contributed by atoms with E-state index in [4.69, 9.17) is 0 Å². The number of hydrogen-bond donors (Lipinski definition) is 0. The number of allylic oxidation sites excluding steroid dienone is 4. The van der Waals surface area contributed by atoms with Crippen LogP contribution in [0.3, 0.4) is 0 Å². The summed E-state index contributed by atoms with van der Waals surface area (Å²) in [7, 11) is -2.45. The third kappa shape index (κ3) is 8.51. The van der Waals surface area contributed by atoms with Crippen molar-refractivity contribution in [3.05, 3.63) is 114 Å². The summed E-state index contributed by atoms with van der Waals surface area (Å²) in [6.07, 6.45) is 20.8. The Morgan fingerprint density at radius 3 is 1.20 bits per heavy atom. The van der Waals surface area contributed by atoms with Crippen LogP contribution in [0.1, 0.15) is 82.9 Å². The molecule has 5 rings (SSSR count). The number of hydrogen-bond acceptors (Lipinski definition) is 0. The Balaban J connectivity index is 0.00000235. The van der Waals surface area contributed by atoms with Crippen LogP contribution >= 0.6 is 0 Å². The molecule has 0 N–H and O–H groups in total. The van der Waals surface area contributed by atoms with E-state index in [9.17, 15) is 0 Å². The van der Waals surface area contributed by atoms with E-state index in [0.29, 0.717) is 27.5 Å². The molecule has 1 saturated carbocycles. The van der Waals surface area contributed by atoms with Crippen molar-refractivity contribution in [2.75, 3.05) is 0 Å². The zero-order valence-corrected chi connectivity index (χ0v) is 32.5. The van der Waals surface area contributed by atoms with E-state index >= 15 is 0 Å². The second-order valence-corrected chi connectivity index (χ2v) is 18.1. The molecular formula is C40H51Cl3SiTi. The van der Waals surface area contributed by atoms with Crippen molar-refractivity contribution in [3.63, 3.8) is 0 Å². The average Bonchev–Trinajstić information content (AvgIpc) is 3.29. The maximum atomic E-state index is 2.58. The number of rotatable bonds is 13. The van der Waals surface area contributed by atoms with E-state index in [-0.39, 0.29) is 37.2 Å². The van der Waals surface area contributed by atoms with E-state index < -0.39 is 8.07 Å². The Hall–Kier alpha value is -1.06. The number of aryl methyl sites for hydroxylation is 3. The van der Waals surface area contributed by atoms with Crippen LogP contribution in [0.2, 0.25) is 9.76 Å². The number of unbranched alkanes of at least 4 members (excludes halogenated alkanes) is 3. The quantitative estimate of drug-likeness (QED) is 0.172. The standard InChI is InChI=1S/C40H51Si.3ClH.Ti/c1-5-8-13-32-18-24-36(25-19-32)41(37-26-20-33(21-27-37)14-9-6-2,38-28-22-34(23-29-38)15-10-7-3)40-31(4)30-35-16-11-12-17-39(35)40;;;;/h11-12,16-31,35,39-40H,5-10,13-15H2,1-4H3;3*1H;/q;;;;+3/p-3. The predicted molar refractivity (Wildman–Crippen MR) is 182 cm³/mol. The number of fused-ring (bicyclic) bond motifs is 1. The molecule has 3 aromatic carbocycles. The molecule has 5 unspecified atom stereocenters. The van der Waals surface area contributed by atoms with Gasteiger partial charge in [-0.25, -0.2) is 0 Å². The van der Waals surface area contributed by atoms with Gasteiger partial charge in [0.1, 0.15) is 0 Å². The first kappa shape index (κ1) is 40.1. The summed E-state index contributed by atoms with van der Waals surface area (Å²) in [5, 5.41) is 4.79. The zero-order valence-electron chi connectivity index (χ0n) is 27.6. The summed E-state index contributed by atoms with van der Waals surface area (Å²) in [6, 6.07) is 30.1. The van der Waals surface area contributed by atoms with Gasteiger partial charge < -0.3 is 37.2 Å². The third-order valence-electron chi connectivity index (χ3n) is 10.4. The first-order valence-corrected chi connectivity index (χ1v) is 19.9. The molecule has 0 amide bonds. The Kier molecular flexibility index (Phi) is 17.0. The summed E-state index contributed by atoms with van der Waals surface area (Å²) >= 11 is 2.53. The van der Waals surface area contributed by atoms with E-state index in [1.54, 1.807) is 15.6 Å². The van der Waals surface area contributed by atoms with Gasteiger partial charge in [0.05, 0.1) is 0 Å². The van der Waals surface area contributed by atoms with Crippen LogP contribution in [0.25, 0.3) is 0 Å². The molecule has 240 valence electrons. The van der Waals surface area contributed by atoms with Crippen LogP contribution < -0.4 is 52.8 Å². The fraction of sp³-hybridized carbons (Fsp3) is 0.450. The Bertz CT molecular complexity index is 1210. The largest absolute Gasteiger partial charge is 1.00 e. The van der Waals surface area contributed by atoms with Gasteiger partial charge in [-0.05, 0) is 0 Å². The van der Waals surface area contributed by atoms with Crippen molar-refractivity contribution in [3.8, 4) is 0 Å². The normalized spacial score (nSPS) is 21.8. The van der Waals surface area contributed by atoms with Gasteiger partial charge in [0.15, 0.2) is 0 Å². The summed E-state index contributed by atoms with van der Waals surface area (Å²) in [4.78, 5) is 0. The van der Waals surface area contributed by atoms with Gasteiger partial charge in [0.2, 0.25) is 0 Å². The molecule has 2 aliphatic rings.